The number of amides is 1. The second-order valence-electron chi connectivity index (χ2n) is 6.26. The van der Waals surface area contributed by atoms with Crippen LogP contribution < -0.4 is 10.1 Å². The molecule has 0 atom stereocenters. The van der Waals surface area contributed by atoms with E-state index in [2.05, 4.69) is 10.3 Å². The zero-order chi connectivity index (χ0) is 19.3. The molecule has 1 N–H and O–H groups in total. The molecule has 1 saturated heterocycles. The summed E-state index contributed by atoms with van der Waals surface area (Å²) in [7, 11) is -3.43. The van der Waals surface area contributed by atoms with Crippen molar-refractivity contribution in [3.8, 4) is 5.88 Å². The maximum absolute atomic E-state index is 12.5. The van der Waals surface area contributed by atoms with E-state index in [9.17, 15) is 13.2 Å². The summed E-state index contributed by atoms with van der Waals surface area (Å²) in [4.78, 5) is 16.5. The number of hydrogen-bond donors (Lipinski definition) is 1. The van der Waals surface area contributed by atoms with Gasteiger partial charge in [0.25, 0.3) is 10.0 Å². The third-order valence-corrected chi connectivity index (χ3v) is 7.74. The Morgan fingerprint density at radius 3 is 2.81 bits per heavy atom. The molecule has 0 aromatic carbocycles. The first-order valence-corrected chi connectivity index (χ1v) is 11.2. The lowest BCUT2D eigenvalue weighted by Gasteiger charge is -2.30. The molecule has 0 aliphatic carbocycles. The van der Waals surface area contributed by atoms with Crippen LogP contribution in [0, 0.1) is 5.92 Å². The van der Waals surface area contributed by atoms with Crippen LogP contribution in [0.3, 0.4) is 0 Å². The van der Waals surface area contributed by atoms with Crippen molar-refractivity contribution in [2.24, 2.45) is 5.92 Å². The van der Waals surface area contributed by atoms with Crippen LogP contribution in [0.25, 0.3) is 0 Å². The van der Waals surface area contributed by atoms with E-state index in [-0.39, 0.29) is 11.8 Å². The molecule has 0 unspecified atom stereocenters. The monoisotopic (exact) mass is 409 g/mol. The first kappa shape index (κ1) is 19.8. The van der Waals surface area contributed by atoms with Crippen LogP contribution >= 0.6 is 11.3 Å². The van der Waals surface area contributed by atoms with E-state index >= 15 is 0 Å². The lowest BCUT2D eigenvalue weighted by atomic mass is 9.97. The van der Waals surface area contributed by atoms with Crippen LogP contribution in [-0.2, 0) is 21.4 Å². The highest BCUT2D eigenvalue weighted by Gasteiger charge is 2.32. The number of rotatable bonds is 7. The first-order valence-electron chi connectivity index (χ1n) is 8.90. The summed E-state index contributed by atoms with van der Waals surface area (Å²) in [5.74, 6) is 0.322. The van der Waals surface area contributed by atoms with Gasteiger partial charge in [-0.05, 0) is 42.8 Å². The van der Waals surface area contributed by atoms with E-state index < -0.39 is 10.0 Å². The van der Waals surface area contributed by atoms with E-state index in [0.717, 1.165) is 5.56 Å². The van der Waals surface area contributed by atoms with Crippen molar-refractivity contribution in [3.05, 3.63) is 41.4 Å². The van der Waals surface area contributed by atoms with Crippen LogP contribution in [-0.4, -0.2) is 43.3 Å². The highest BCUT2D eigenvalue weighted by molar-refractivity contribution is 7.91. The summed E-state index contributed by atoms with van der Waals surface area (Å²) >= 11 is 1.22. The van der Waals surface area contributed by atoms with Gasteiger partial charge in [0.05, 0.1) is 6.61 Å². The molecule has 0 radical (unpaired) electrons. The number of aromatic nitrogens is 1. The molecule has 2 aromatic heterocycles. The van der Waals surface area contributed by atoms with Crippen molar-refractivity contribution < 1.29 is 17.9 Å². The van der Waals surface area contributed by atoms with Crippen LogP contribution in [0.4, 0.5) is 0 Å². The maximum atomic E-state index is 12.5. The van der Waals surface area contributed by atoms with Gasteiger partial charge in [-0.1, -0.05) is 6.07 Å². The maximum Gasteiger partial charge on any atom is 0.252 e. The van der Waals surface area contributed by atoms with Gasteiger partial charge in [0.1, 0.15) is 4.21 Å². The first-order chi connectivity index (χ1) is 13.0. The second-order valence-corrected chi connectivity index (χ2v) is 9.38. The standard InChI is InChI=1S/C18H23N3O4S2/c1-2-25-16-12-14(5-8-19-16)13-20-18(22)15-6-9-21(10-7-15)27(23,24)17-4-3-11-26-17/h3-5,8,11-12,15H,2,6-7,9-10,13H2,1H3,(H,20,22). The fourth-order valence-electron chi connectivity index (χ4n) is 3.02. The highest BCUT2D eigenvalue weighted by Crippen LogP contribution is 2.26. The van der Waals surface area contributed by atoms with Crippen molar-refractivity contribution in [1.29, 1.82) is 0 Å². The molecule has 27 heavy (non-hydrogen) atoms. The predicted molar refractivity (Wildman–Crippen MR) is 103 cm³/mol. The normalized spacial score (nSPS) is 16.2. The number of nitrogens with zero attached hydrogens (tertiary/aromatic N) is 2. The molecule has 7 nitrogen and oxygen atoms in total. The van der Waals surface area contributed by atoms with Crippen LogP contribution in [0.5, 0.6) is 5.88 Å². The number of carbonyl (C=O) groups excluding carboxylic acids is 1. The van der Waals surface area contributed by atoms with Crippen LogP contribution in [0.1, 0.15) is 25.3 Å². The van der Waals surface area contributed by atoms with Gasteiger partial charge in [0, 0.05) is 37.8 Å². The molecule has 1 aliphatic heterocycles. The number of ether oxygens (including phenoxy) is 1. The minimum atomic E-state index is -3.43. The molecule has 0 saturated carbocycles. The van der Waals surface area contributed by atoms with E-state index in [1.165, 1.54) is 15.6 Å². The van der Waals surface area contributed by atoms with E-state index in [0.29, 0.717) is 49.2 Å². The number of sulfonamides is 1. The average molecular weight is 410 g/mol. The molecule has 3 rings (SSSR count). The molecular formula is C18H23N3O4S2. The van der Waals surface area contributed by atoms with Gasteiger partial charge in [-0.3, -0.25) is 4.79 Å². The van der Waals surface area contributed by atoms with E-state index in [1.54, 1.807) is 29.8 Å². The summed E-state index contributed by atoms with van der Waals surface area (Å²) in [6.07, 6.45) is 2.70. The fourth-order valence-corrected chi connectivity index (χ4v) is 5.63. The van der Waals surface area contributed by atoms with Gasteiger partial charge < -0.3 is 10.1 Å². The topological polar surface area (TPSA) is 88.6 Å². The number of carbonyl (C=O) groups is 1. The van der Waals surface area contributed by atoms with Crippen molar-refractivity contribution in [2.75, 3.05) is 19.7 Å². The van der Waals surface area contributed by atoms with Gasteiger partial charge in [-0.2, -0.15) is 4.31 Å². The Bertz CT molecular complexity index is 860. The van der Waals surface area contributed by atoms with Crippen LogP contribution in [0.2, 0.25) is 0 Å². The number of nitrogens with one attached hydrogen (secondary N) is 1. The largest absolute Gasteiger partial charge is 0.478 e. The summed E-state index contributed by atoms with van der Waals surface area (Å²) in [6, 6.07) is 6.98. The minimum absolute atomic E-state index is 0.0436. The molecule has 0 spiro atoms. The Labute approximate surface area is 163 Å². The highest BCUT2D eigenvalue weighted by atomic mass is 32.2. The number of hydrogen-bond acceptors (Lipinski definition) is 6. The van der Waals surface area contributed by atoms with Gasteiger partial charge in [-0.15, -0.1) is 11.3 Å². The molecule has 1 fully saturated rings. The summed E-state index contributed by atoms with van der Waals surface area (Å²) in [6.45, 7) is 3.55. The summed E-state index contributed by atoms with van der Waals surface area (Å²) in [5.41, 5.74) is 0.916. The van der Waals surface area contributed by atoms with Crippen molar-refractivity contribution in [1.82, 2.24) is 14.6 Å². The average Bonchev–Trinajstić information content (AvgIpc) is 3.22. The smallest absolute Gasteiger partial charge is 0.252 e. The fraction of sp³-hybridized carbons (Fsp3) is 0.444. The number of piperidine rings is 1. The Morgan fingerprint density at radius 2 is 2.15 bits per heavy atom. The van der Waals surface area contributed by atoms with Crippen molar-refractivity contribution in [2.45, 2.75) is 30.5 Å². The lowest BCUT2D eigenvalue weighted by molar-refractivity contribution is -0.126. The molecule has 0 bridgehead atoms. The Hall–Kier alpha value is -1.97. The van der Waals surface area contributed by atoms with Crippen molar-refractivity contribution >= 4 is 27.3 Å². The SMILES string of the molecule is CCOc1cc(CNC(=O)C2CCN(S(=O)(=O)c3cccs3)CC2)ccn1. The molecule has 146 valence electrons. The zero-order valence-electron chi connectivity index (χ0n) is 15.1. The van der Waals surface area contributed by atoms with Gasteiger partial charge in [-0.25, -0.2) is 13.4 Å². The van der Waals surface area contributed by atoms with E-state index in [4.69, 9.17) is 4.74 Å². The quantitative estimate of drug-likeness (QED) is 0.758. The lowest BCUT2D eigenvalue weighted by Crippen LogP contribution is -2.42. The molecule has 2 aromatic rings. The molecule has 3 heterocycles. The zero-order valence-corrected chi connectivity index (χ0v) is 16.8. The molecule has 1 amide bonds. The van der Waals surface area contributed by atoms with Gasteiger partial charge >= 0.3 is 0 Å². The Balaban J connectivity index is 1.51. The van der Waals surface area contributed by atoms with Gasteiger partial charge in [0.15, 0.2) is 0 Å². The number of thiophene rings is 1. The summed E-state index contributed by atoms with van der Waals surface area (Å²) in [5, 5.41) is 4.68. The summed E-state index contributed by atoms with van der Waals surface area (Å²) < 4.78 is 32.3. The number of pyridine rings is 1. The van der Waals surface area contributed by atoms with E-state index in [1.807, 2.05) is 13.0 Å². The third-order valence-electron chi connectivity index (χ3n) is 4.47. The predicted octanol–water partition coefficient (Wildman–Crippen LogP) is 2.26. The van der Waals surface area contributed by atoms with Crippen LogP contribution in [0.15, 0.2) is 40.1 Å². The third kappa shape index (κ3) is 4.85. The molecular weight excluding hydrogens is 386 g/mol. The Morgan fingerprint density at radius 1 is 1.37 bits per heavy atom. The molecule has 1 aliphatic rings. The van der Waals surface area contributed by atoms with Gasteiger partial charge in [0.2, 0.25) is 11.8 Å². The molecule has 9 heteroatoms. The second kappa shape index (κ2) is 8.81. The Kier molecular flexibility index (Phi) is 6.46. The minimum Gasteiger partial charge on any atom is -0.478 e. The van der Waals surface area contributed by atoms with Crippen molar-refractivity contribution in [3.63, 3.8) is 0 Å².